The molecule has 0 aliphatic heterocycles. The topological polar surface area (TPSA) is 81.4 Å². The Hall–Kier alpha value is -1.76. The van der Waals surface area contributed by atoms with Gasteiger partial charge >= 0.3 is 0 Å². The van der Waals surface area contributed by atoms with E-state index in [2.05, 4.69) is 37.3 Å². The molecule has 1 aliphatic carbocycles. The van der Waals surface area contributed by atoms with Crippen LogP contribution in [0.2, 0.25) is 5.28 Å². The van der Waals surface area contributed by atoms with Crippen LogP contribution in [-0.4, -0.2) is 35.8 Å². The predicted molar refractivity (Wildman–Crippen MR) is 65.6 cm³/mol. The Morgan fingerprint density at radius 1 is 1.39 bits per heavy atom. The van der Waals surface area contributed by atoms with E-state index in [0.29, 0.717) is 23.9 Å². The molecule has 94 valence electrons. The van der Waals surface area contributed by atoms with Crippen molar-refractivity contribution in [1.29, 1.82) is 0 Å². The molecule has 1 unspecified atom stereocenters. The SMILES string of the molecule is CC(Nc1nc(Cl)nc(-n2cncn2)n1)C1CC1. The molecule has 18 heavy (non-hydrogen) atoms. The Morgan fingerprint density at radius 3 is 2.89 bits per heavy atom. The van der Waals surface area contributed by atoms with Crippen LogP contribution in [0.3, 0.4) is 0 Å². The van der Waals surface area contributed by atoms with Crippen LogP contribution in [0.25, 0.3) is 5.95 Å². The van der Waals surface area contributed by atoms with E-state index in [1.54, 1.807) is 0 Å². The van der Waals surface area contributed by atoms with Crippen LogP contribution in [0.1, 0.15) is 19.8 Å². The molecule has 0 bridgehead atoms. The van der Waals surface area contributed by atoms with E-state index in [1.165, 1.54) is 30.2 Å². The molecule has 0 radical (unpaired) electrons. The predicted octanol–water partition coefficient (Wildman–Crippen LogP) is 1.32. The molecule has 8 heteroatoms. The molecule has 0 amide bonds. The molecule has 7 nitrogen and oxygen atoms in total. The van der Waals surface area contributed by atoms with E-state index < -0.39 is 0 Å². The molecule has 1 saturated carbocycles. The van der Waals surface area contributed by atoms with Crippen molar-refractivity contribution >= 4 is 17.5 Å². The van der Waals surface area contributed by atoms with Gasteiger partial charge < -0.3 is 5.32 Å². The van der Waals surface area contributed by atoms with E-state index in [0.717, 1.165) is 0 Å². The molecular weight excluding hydrogens is 254 g/mol. The van der Waals surface area contributed by atoms with Gasteiger partial charge in [-0.3, -0.25) is 0 Å². The van der Waals surface area contributed by atoms with Crippen LogP contribution in [-0.2, 0) is 0 Å². The van der Waals surface area contributed by atoms with Gasteiger partial charge in [0, 0.05) is 6.04 Å². The quantitative estimate of drug-likeness (QED) is 0.898. The third kappa shape index (κ3) is 2.40. The summed E-state index contributed by atoms with van der Waals surface area (Å²) >= 11 is 5.88. The summed E-state index contributed by atoms with van der Waals surface area (Å²) in [7, 11) is 0. The standard InChI is InChI=1S/C10H12ClN7/c1-6(7-2-3-7)14-9-15-8(11)16-10(17-9)18-5-12-4-13-18/h4-7H,2-3H2,1H3,(H,14,15,16,17). The Bertz CT molecular complexity index is 537. The third-order valence-electron chi connectivity index (χ3n) is 2.91. The number of anilines is 1. The molecule has 3 rings (SSSR count). The van der Waals surface area contributed by atoms with Crippen molar-refractivity contribution in [3.63, 3.8) is 0 Å². The van der Waals surface area contributed by atoms with Gasteiger partial charge in [-0.05, 0) is 37.3 Å². The average molecular weight is 266 g/mol. The van der Waals surface area contributed by atoms with Crippen LogP contribution in [0.15, 0.2) is 12.7 Å². The molecular formula is C10H12ClN7. The highest BCUT2D eigenvalue weighted by Crippen LogP contribution is 2.33. The van der Waals surface area contributed by atoms with E-state index in [4.69, 9.17) is 11.6 Å². The van der Waals surface area contributed by atoms with Crippen molar-refractivity contribution in [2.24, 2.45) is 5.92 Å². The minimum absolute atomic E-state index is 0.140. The van der Waals surface area contributed by atoms with Crippen molar-refractivity contribution in [3.05, 3.63) is 17.9 Å². The van der Waals surface area contributed by atoms with E-state index in [9.17, 15) is 0 Å². The monoisotopic (exact) mass is 265 g/mol. The summed E-state index contributed by atoms with van der Waals surface area (Å²) in [5.74, 6) is 1.54. The lowest BCUT2D eigenvalue weighted by molar-refractivity contribution is 0.681. The lowest BCUT2D eigenvalue weighted by Crippen LogP contribution is -2.20. The maximum Gasteiger partial charge on any atom is 0.258 e. The number of halogens is 1. The highest BCUT2D eigenvalue weighted by atomic mass is 35.5. The number of hydrogen-bond donors (Lipinski definition) is 1. The zero-order chi connectivity index (χ0) is 12.5. The minimum Gasteiger partial charge on any atom is -0.351 e. The summed E-state index contributed by atoms with van der Waals surface area (Å²) in [5, 5.41) is 7.34. The summed E-state index contributed by atoms with van der Waals surface area (Å²) in [5.41, 5.74) is 0. The number of rotatable bonds is 4. The van der Waals surface area contributed by atoms with Crippen molar-refractivity contribution in [1.82, 2.24) is 29.7 Å². The van der Waals surface area contributed by atoms with Crippen molar-refractivity contribution in [2.45, 2.75) is 25.8 Å². The first kappa shape index (κ1) is 11.3. The average Bonchev–Trinajstić information content (AvgIpc) is 3.04. The van der Waals surface area contributed by atoms with Gasteiger partial charge in [-0.25, -0.2) is 4.98 Å². The van der Waals surface area contributed by atoms with Crippen LogP contribution in [0.5, 0.6) is 0 Å². The lowest BCUT2D eigenvalue weighted by Gasteiger charge is -2.12. The molecule has 2 aromatic rings. The Labute approximate surface area is 109 Å². The van der Waals surface area contributed by atoms with Gasteiger partial charge in [-0.1, -0.05) is 0 Å². The smallest absolute Gasteiger partial charge is 0.258 e. The lowest BCUT2D eigenvalue weighted by atomic mass is 10.2. The maximum atomic E-state index is 5.88. The molecule has 2 aromatic heterocycles. The van der Waals surface area contributed by atoms with Crippen LogP contribution < -0.4 is 5.32 Å². The van der Waals surface area contributed by atoms with Crippen LogP contribution >= 0.6 is 11.6 Å². The largest absolute Gasteiger partial charge is 0.351 e. The van der Waals surface area contributed by atoms with Gasteiger partial charge in [0.05, 0.1) is 0 Å². The van der Waals surface area contributed by atoms with E-state index in [-0.39, 0.29) is 5.28 Å². The summed E-state index contributed by atoms with van der Waals surface area (Å²) in [4.78, 5) is 16.2. The summed E-state index contributed by atoms with van der Waals surface area (Å²) < 4.78 is 1.44. The first-order chi connectivity index (χ1) is 8.72. The second-order valence-electron chi connectivity index (χ2n) is 4.34. The molecule has 1 fully saturated rings. The fraction of sp³-hybridized carbons (Fsp3) is 0.500. The zero-order valence-corrected chi connectivity index (χ0v) is 10.5. The third-order valence-corrected chi connectivity index (χ3v) is 3.07. The van der Waals surface area contributed by atoms with E-state index >= 15 is 0 Å². The van der Waals surface area contributed by atoms with Gasteiger partial charge in [0.1, 0.15) is 12.7 Å². The fourth-order valence-corrected chi connectivity index (χ4v) is 1.89. The second-order valence-corrected chi connectivity index (χ2v) is 4.68. The van der Waals surface area contributed by atoms with Crippen molar-refractivity contribution < 1.29 is 0 Å². The number of nitrogens with zero attached hydrogens (tertiary/aromatic N) is 6. The molecule has 1 N–H and O–H groups in total. The van der Waals surface area contributed by atoms with Gasteiger partial charge in [-0.2, -0.15) is 24.7 Å². The molecule has 1 aliphatic rings. The number of nitrogens with one attached hydrogen (secondary N) is 1. The second kappa shape index (κ2) is 4.49. The van der Waals surface area contributed by atoms with Gasteiger partial charge in [0.25, 0.3) is 5.95 Å². The molecule has 0 saturated heterocycles. The van der Waals surface area contributed by atoms with Gasteiger partial charge in [0.2, 0.25) is 11.2 Å². The maximum absolute atomic E-state index is 5.88. The van der Waals surface area contributed by atoms with Crippen molar-refractivity contribution in [2.75, 3.05) is 5.32 Å². The Balaban J connectivity index is 1.85. The first-order valence-electron chi connectivity index (χ1n) is 5.75. The molecule has 0 aromatic carbocycles. The Morgan fingerprint density at radius 2 is 2.22 bits per heavy atom. The number of aromatic nitrogens is 6. The summed E-state index contributed by atoms with van der Waals surface area (Å²) in [6, 6.07) is 0.340. The first-order valence-corrected chi connectivity index (χ1v) is 6.13. The Kier molecular flexibility index (Phi) is 2.83. The van der Waals surface area contributed by atoms with Crippen LogP contribution in [0, 0.1) is 5.92 Å². The van der Waals surface area contributed by atoms with Gasteiger partial charge in [0.15, 0.2) is 0 Å². The zero-order valence-electron chi connectivity index (χ0n) is 9.78. The van der Waals surface area contributed by atoms with Crippen molar-refractivity contribution in [3.8, 4) is 5.95 Å². The highest BCUT2D eigenvalue weighted by molar-refractivity contribution is 6.28. The summed E-state index contributed by atoms with van der Waals surface area (Å²) in [6.45, 7) is 2.12. The van der Waals surface area contributed by atoms with Crippen LogP contribution in [0.4, 0.5) is 5.95 Å². The minimum atomic E-state index is 0.140. The molecule has 1 atom stereocenters. The fourth-order valence-electron chi connectivity index (χ4n) is 1.74. The molecule has 2 heterocycles. The normalized spacial score (nSPS) is 16.6. The molecule has 0 spiro atoms. The summed E-state index contributed by atoms with van der Waals surface area (Å²) in [6.07, 6.45) is 5.43. The van der Waals surface area contributed by atoms with E-state index in [1.807, 2.05) is 0 Å². The highest BCUT2D eigenvalue weighted by Gasteiger charge is 2.28. The van der Waals surface area contributed by atoms with Gasteiger partial charge in [-0.15, -0.1) is 0 Å². The number of hydrogen-bond acceptors (Lipinski definition) is 6.